The number of nitrogens with one attached hydrogen (secondary N) is 1. The molecule has 1 N–H and O–H groups in total. The maximum Gasteiger partial charge on any atom is 0.222 e. The van der Waals surface area contributed by atoms with Gasteiger partial charge in [0, 0.05) is 57.2 Å². The fraction of sp³-hybridized carbons (Fsp3) is 0.545. The summed E-state index contributed by atoms with van der Waals surface area (Å²) >= 11 is 0. The molecule has 0 saturated carbocycles. The van der Waals surface area contributed by atoms with Crippen LogP contribution in [0.1, 0.15) is 31.2 Å². The second kappa shape index (κ2) is 8.45. The van der Waals surface area contributed by atoms with Crippen molar-refractivity contribution in [3.05, 3.63) is 41.7 Å². The van der Waals surface area contributed by atoms with E-state index < -0.39 is 0 Å². The van der Waals surface area contributed by atoms with Crippen molar-refractivity contribution in [1.82, 2.24) is 24.7 Å². The van der Waals surface area contributed by atoms with Gasteiger partial charge in [0.05, 0.1) is 17.9 Å². The number of nitrogens with zero attached hydrogens (tertiary/aromatic N) is 4. The van der Waals surface area contributed by atoms with E-state index in [0.717, 1.165) is 68.3 Å². The molecule has 0 spiro atoms. The number of imidazole rings is 1. The first-order valence-electron chi connectivity index (χ1n) is 10.4. The molecule has 2 aliphatic heterocycles. The molecule has 1 fully saturated rings. The van der Waals surface area contributed by atoms with E-state index in [1.54, 1.807) is 0 Å². The van der Waals surface area contributed by atoms with Gasteiger partial charge in [-0.3, -0.25) is 9.69 Å². The van der Waals surface area contributed by atoms with Gasteiger partial charge in [-0.15, -0.1) is 0 Å². The van der Waals surface area contributed by atoms with Gasteiger partial charge in [-0.05, 0) is 20.4 Å². The van der Waals surface area contributed by atoms with E-state index in [9.17, 15) is 4.79 Å². The minimum absolute atomic E-state index is 0.266. The van der Waals surface area contributed by atoms with Crippen LogP contribution in [-0.2, 0) is 17.8 Å². The van der Waals surface area contributed by atoms with Crippen LogP contribution in [0.15, 0.2) is 30.3 Å². The minimum atomic E-state index is 0.266. The zero-order valence-corrected chi connectivity index (χ0v) is 17.0. The van der Waals surface area contributed by atoms with E-state index in [0.29, 0.717) is 19.0 Å². The summed E-state index contributed by atoms with van der Waals surface area (Å²) < 4.78 is 0. The smallest absolute Gasteiger partial charge is 0.222 e. The first-order valence-corrected chi connectivity index (χ1v) is 10.4. The quantitative estimate of drug-likeness (QED) is 0.864. The Bertz CT molecular complexity index is 795. The number of carbonyl (C=O) groups is 1. The average Bonchev–Trinajstić information content (AvgIpc) is 3.16. The highest BCUT2D eigenvalue weighted by Gasteiger charge is 2.25. The Labute approximate surface area is 167 Å². The zero-order chi connectivity index (χ0) is 19.5. The lowest BCUT2D eigenvalue weighted by molar-refractivity contribution is -0.132. The predicted molar refractivity (Wildman–Crippen MR) is 111 cm³/mol. The predicted octanol–water partition coefficient (Wildman–Crippen LogP) is 2.38. The van der Waals surface area contributed by atoms with Crippen LogP contribution in [0.4, 0.5) is 0 Å². The number of rotatable bonds is 5. The van der Waals surface area contributed by atoms with Crippen LogP contribution in [0.3, 0.4) is 0 Å². The van der Waals surface area contributed by atoms with Crippen LogP contribution in [-0.4, -0.2) is 76.4 Å². The Balaban J connectivity index is 1.31. The third kappa shape index (κ3) is 4.28. The lowest BCUT2D eigenvalue weighted by atomic mass is 10.1. The topological polar surface area (TPSA) is 55.5 Å². The molecule has 28 heavy (non-hydrogen) atoms. The summed E-state index contributed by atoms with van der Waals surface area (Å²) in [5, 5.41) is 0. The molecule has 4 rings (SSSR count). The third-order valence-corrected chi connectivity index (χ3v) is 6.17. The summed E-state index contributed by atoms with van der Waals surface area (Å²) in [5.41, 5.74) is 3.29. The maximum absolute atomic E-state index is 12.8. The largest absolute Gasteiger partial charge is 0.340 e. The lowest BCUT2D eigenvalue weighted by Crippen LogP contribution is -2.48. The van der Waals surface area contributed by atoms with E-state index >= 15 is 0 Å². The normalized spacial score (nSPS) is 19.4. The summed E-state index contributed by atoms with van der Waals surface area (Å²) in [7, 11) is 2.18. The van der Waals surface area contributed by atoms with Crippen LogP contribution in [0.5, 0.6) is 0 Å². The molecule has 1 aromatic heterocycles. The van der Waals surface area contributed by atoms with E-state index in [-0.39, 0.29) is 5.91 Å². The monoisotopic (exact) mass is 381 g/mol. The van der Waals surface area contributed by atoms with E-state index in [4.69, 9.17) is 4.98 Å². The third-order valence-electron chi connectivity index (χ3n) is 6.17. The van der Waals surface area contributed by atoms with Crippen molar-refractivity contribution in [3.8, 4) is 11.4 Å². The summed E-state index contributed by atoms with van der Waals surface area (Å²) in [6, 6.07) is 10.6. The van der Waals surface area contributed by atoms with Crippen molar-refractivity contribution in [2.75, 3.05) is 39.8 Å². The second-order valence-corrected chi connectivity index (χ2v) is 8.17. The van der Waals surface area contributed by atoms with E-state index in [1.165, 1.54) is 0 Å². The summed E-state index contributed by atoms with van der Waals surface area (Å²) in [6.45, 7) is 8.14. The Hall–Kier alpha value is -2.18. The molecule has 1 aromatic carbocycles. The molecule has 1 saturated heterocycles. The molecular formula is C22H31N5O. The van der Waals surface area contributed by atoms with Gasteiger partial charge in [0.1, 0.15) is 5.82 Å². The van der Waals surface area contributed by atoms with Crippen molar-refractivity contribution >= 4 is 5.91 Å². The molecule has 1 atom stereocenters. The molecule has 1 amide bonds. The fourth-order valence-corrected chi connectivity index (χ4v) is 4.18. The number of benzene rings is 1. The molecule has 2 aliphatic rings. The van der Waals surface area contributed by atoms with Crippen molar-refractivity contribution in [2.45, 2.75) is 38.8 Å². The van der Waals surface area contributed by atoms with Crippen LogP contribution >= 0.6 is 0 Å². The number of aromatic amines is 1. The number of H-pyrrole nitrogens is 1. The molecular weight excluding hydrogens is 350 g/mol. The van der Waals surface area contributed by atoms with Crippen molar-refractivity contribution in [1.29, 1.82) is 0 Å². The summed E-state index contributed by atoms with van der Waals surface area (Å²) in [5.74, 6) is 1.17. The molecule has 3 heterocycles. The highest BCUT2D eigenvalue weighted by Crippen LogP contribution is 2.23. The number of aromatic nitrogens is 2. The lowest BCUT2D eigenvalue weighted by Gasteiger charge is -2.36. The van der Waals surface area contributed by atoms with Gasteiger partial charge in [-0.2, -0.15) is 0 Å². The van der Waals surface area contributed by atoms with Crippen LogP contribution < -0.4 is 0 Å². The van der Waals surface area contributed by atoms with Crippen LogP contribution in [0, 0.1) is 0 Å². The zero-order valence-electron chi connectivity index (χ0n) is 17.0. The Morgan fingerprint density at radius 1 is 1.14 bits per heavy atom. The first-order chi connectivity index (χ1) is 13.6. The Morgan fingerprint density at radius 2 is 1.89 bits per heavy atom. The summed E-state index contributed by atoms with van der Waals surface area (Å²) in [6.07, 6.45) is 2.39. The molecule has 0 bridgehead atoms. The highest BCUT2D eigenvalue weighted by atomic mass is 16.2. The number of amides is 1. The van der Waals surface area contributed by atoms with Crippen LogP contribution in [0.2, 0.25) is 0 Å². The molecule has 2 aromatic rings. The van der Waals surface area contributed by atoms with E-state index in [2.05, 4.69) is 40.9 Å². The molecule has 6 heteroatoms. The van der Waals surface area contributed by atoms with Gasteiger partial charge in [0.25, 0.3) is 0 Å². The van der Waals surface area contributed by atoms with E-state index in [1.807, 2.05) is 23.1 Å². The maximum atomic E-state index is 12.8. The van der Waals surface area contributed by atoms with Crippen molar-refractivity contribution < 1.29 is 4.79 Å². The van der Waals surface area contributed by atoms with Crippen molar-refractivity contribution in [3.63, 3.8) is 0 Å². The summed E-state index contributed by atoms with van der Waals surface area (Å²) in [4.78, 5) is 27.9. The molecule has 0 aliphatic carbocycles. The number of hydrogen-bond acceptors (Lipinski definition) is 4. The highest BCUT2D eigenvalue weighted by molar-refractivity contribution is 5.76. The van der Waals surface area contributed by atoms with Gasteiger partial charge in [-0.25, -0.2) is 4.98 Å². The first kappa shape index (κ1) is 19.2. The second-order valence-electron chi connectivity index (χ2n) is 8.17. The Kier molecular flexibility index (Phi) is 5.78. The molecule has 6 nitrogen and oxygen atoms in total. The average molecular weight is 382 g/mol. The Morgan fingerprint density at radius 3 is 2.64 bits per heavy atom. The standard InChI is InChI=1S/C22H31N5O/c1-17(26-14-12-25(2)13-15-26)8-9-21(28)27-11-10-19-20(16-27)24-22(23-19)18-6-4-3-5-7-18/h3-7,17H,8-16H2,1-2H3,(H,23,24)/t17-/m1/s1. The number of carbonyl (C=O) groups excluding carboxylic acids is 1. The van der Waals surface area contributed by atoms with Gasteiger partial charge in [0.15, 0.2) is 0 Å². The van der Waals surface area contributed by atoms with Gasteiger partial charge < -0.3 is 14.8 Å². The molecule has 0 radical (unpaired) electrons. The molecule has 0 unspecified atom stereocenters. The minimum Gasteiger partial charge on any atom is -0.340 e. The fourth-order valence-electron chi connectivity index (χ4n) is 4.18. The van der Waals surface area contributed by atoms with Crippen molar-refractivity contribution in [2.24, 2.45) is 0 Å². The van der Waals surface area contributed by atoms with Gasteiger partial charge in [-0.1, -0.05) is 30.3 Å². The number of hydrogen-bond donors (Lipinski definition) is 1. The number of fused-ring (bicyclic) bond motifs is 1. The van der Waals surface area contributed by atoms with Gasteiger partial charge in [0.2, 0.25) is 5.91 Å². The SMILES string of the molecule is C[C@H](CCC(=O)N1CCc2nc(-c3ccccc3)[nH]c2C1)N1CCN(C)CC1. The number of piperazine rings is 1. The molecule has 150 valence electrons. The number of likely N-dealkylation sites (N-methyl/N-ethyl adjacent to an activating group) is 1. The van der Waals surface area contributed by atoms with Gasteiger partial charge >= 0.3 is 0 Å². The van der Waals surface area contributed by atoms with Crippen LogP contribution in [0.25, 0.3) is 11.4 Å².